The number of Topliss-reactive ketones (excluding diaryl/α,β-unsaturated/α-hetero) is 1. The number of likely N-dealkylation sites (tertiary alicyclic amines) is 1. The minimum atomic E-state index is -1.27. The maximum Gasteiger partial charge on any atom is 0.290 e. The van der Waals surface area contributed by atoms with Crippen molar-refractivity contribution in [3.63, 3.8) is 0 Å². The maximum atomic E-state index is 15.1. The SMILES string of the molecule is CCCCC(NC(=O)[C@@H]1C[C@@H](OCc2ccccc2)CN1C(=O)C(NC(=O)c1ccccc1Cc1ccccc1)C1CCCCC1)C(=O)C(=O)NCC(=O)NC(C(N)=O)c1ccccc1. The highest BCUT2D eigenvalue weighted by atomic mass is 16.5. The van der Waals surface area contributed by atoms with Gasteiger partial charge < -0.3 is 36.6 Å². The first-order valence-electron chi connectivity index (χ1n) is 22.7. The highest BCUT2D eigenvalue weighted by molar-refractivity contribution is 6.38. The third-order valence-electron chi connectivity index (χ3n) is 12.2. The first kappa shape index (κ1) is 47.8. The van der Waals surface area contributed by atoms with Crippen LogP contribution in [0.15, 0.2) is 115 Å². The van der Waals surface area contributed by atoms with Gasteiger partial charge in [-0.15, -0.1) is 0 Å². The Morgan fingerprint density at radius 3 is 2.05 bits per heavy atom. The molecule has 1 heterocycles. The molecule has 2 aliphatic rings. The molecule has 0 radical (unpaired) electrons. The summed E-state index contributed by atoms with van der Waals surface area (Å²) in [5.74, 6) is -5.25. The average molecular weight is 885 g/mol. The summed E-state index contributed by atoms with van der Waals surface area (Å²) in [7, 11) is 0. The lowest BCUT2D eigenvalue weighted by Gasteiger charge is -2.35. The molecule has 1 aliphatic carbocycles. The van der Waals surface area contributed by atoms with E-state index in [2.05, 4.69) is 21.3 Å². The summed E-state index contributed by atoms with van der Waals surface area (Å²) < 4.78 is 6.32. The van der Waals surface area contributed by atoms with Crippen molar-refractivity contribution in [2.24, 2.45) is 11.7 Å². The van der Waals surface area contributed by atoms with E-state index < -0.39 is 72.1 Å². The summed E-state index contributed by atoms with van der Waals surface area (Å²) in [4.78, 5) is 97.3. The van der Waals surface area contributed by atoms with Crippen LogP contribution in [0, 0.1) is 5.92 Å². The van der Waals surface area contributed by atoms with Gasteiger partial charge in [0.2, 0.25) is 29.4 Å². The van der Waals surface area contributed by atoms with E-state index in [1.165, 1.54) is 4.90 Å². The number of ether oxygens (including phenoxy) is 1. The van der Waals surface area contributed by atoms with Crippen LogP contribution < -0.4 is 27.0 Å². The number of primary amides is 1. The van der Waals surface area contributed by atoms with Gasteiger partial charge in [-0.05, 0) is 59.9 Å². The van der Waals surface area contributed by atoms with E-state index in [0.29, 0.717) is 30.4 Å². The smallest absolute Gasteiger partial charge is 0.290 e. The fourth-order valence-electron chi connectivity index (χ4n) is 8.68. The summed E-state index contributed by atoms with van der Waals surface area (Å²) >= 11 is 0. The van der Waals surface area contributed by atoms with Crippen LogP contribution in [0.2, 0.25) is 0 Å². The number of unbranched alkanes of at least 4 members (excludes halogenated alkanes) is 1. The van der Waals surface area contributed by atoms with Gasteiger partial charge in [-0.3, -0.25) is 33.6 Å². The molecular weight excluding hydrogens is 825 g/mol. The van der Waals surface area contributed by atoms with Crippen molar-refractivity contribution in [3.8, 4) is 0 Å². The van der Waals surface area contributed by atoms with E-state index in [1.807, 2.05) is 79.7 Å². The van der Waals surface area contributed by atoms with Crippen molar-refractivity contribution in [1.82, 2.24) is 26.2 Å². The number of nitrogens with one attached hydrogen (secondary N) is 4. The molecule has 0 aromatic heterocycles. The lowest BCUT2D eigenvalue weighted by molar-refractivity contribution is -0.143. The maximum absolute atomic E-state index is 15.1. The monoisotopic (exact) mass is 884 g/mol. The minimum absolute atomic E-state index is 0.0614. The number of ketones is 1. The molecule has 342 valence electrons. The molecule has 4 aromatic carbocycles. The minimum Gasteiger partial charge on any atom is -0.372 e. The molecule has 0 bridgehead atoms. The van der Waals surface area contributed by atoms with E-state index in [4.69, 9.17) is 10.5 Å². The summed E-state index contributed by atoms with van der Waals surface area (Å²) in [6, 6.07) is 30.6. The Hall–Kier alpha value is -6.67. The number of carbonyl (C=O) groups excluding carboxylic acids is 7. The normalized spacial score (nSPS) is 17.5. The van der Waals surface area contributed by atoms with Crippen molar-refractivity contribution < 1.29 is 38.3 Å². The zero-order valence-corrected chi connectivity index (χ0v) is 36.9. The summed E-state index contributed by atoms with van der Waals surface area (Å²) in [5.41, 5.74) is 9.20. The fourth-order valence-corrected chi connectivity index (χ4v) is 8.68. The van der Waals surface area contributed by atoms with Gasteiger partial charge in [0.1, 0.15) is 18.1 Å². The molecule has 14 heteroatoms. The number of amides is 6. The number of benzene rings is 4. The van der Waals surface area contributed by atoms with Gasteiger partial charge in [-0.25, -0.2) is 0 Å². The lowest BCUT2D eigenvalue weighted by atomic mass is 9.83. The van der Waals surface area contributed by atoms with Crippen molar-refractivity contribution in [2.75, 3.05) is 13.1 Å². The zero-order valence-electron chi connectivity index (χ0n) is 36.9. The molecule has 3 unspecified atom stereocenters. The molecule has 6 N–H and O–H groups in total. The molecular formula is C51H60N6O8. The Labute approximate surface area is 380 Å². The summed E-state index contributed by atoms with van der Waals surface area (Å²) in [6.45, 7) is 1.57. The molecule has 2 fully saturated rings. The molecule has 14 nitrogen and oxygen atoms in total. The quantitative estimate of drug-likeness (QED) is 0.0731. The van der Waals surface area contributed by atoms with E-state index in [0.717, 1.165) is 48.8 Å². The Morgan fingerprint density at radius 2 is 1.38 bits per heavy atom. The number of carbonyl (C=O) groups is 7. The van der Waals surface area contributed by atoms with E-state index in [1.54, 1.807) is 42.5 Å². The second kappa shape index (κ2) is 23.9. The topological polar surface area (TPSA) is 206 Å². The van der Waals surface area contributed by atoms with Crippen LogP contribution in [0.25, 0.3) is 0 Å². The molecule has 1 saturated carbocycles. The summed E-state index contributed by atoms with van der Waals surface area (Å²) in [6.07, 6.45) is 5.57. The van der Waals surface area contributed by atoms with Gasteiger partial charge in [0.15, 0.2) is 0 Å². The summed E-state index contributed by atoms with van der Waals surface area (Å²) in [5, 5.41) is 10.7. The van der Waals surface area contributed by atoms with Crippen molar-refractivity contribution in [2.45, 2.75) is 108 Å². The molecule has 6 amide bonds. The third-order valence-corrected chi connectivity index (χ3v) is 12.2. The lowest BCUT2D eigenvalue weighted by Crippen LogP contribution is -2.58. The predicted molar refractivity (Wildman–Crippen MR) is 245 cm³/mol. The Kier molecular flexibility index (Phi) is 17.5. The van der Waals surface area contributed by atoms with Gasteiger partial charge in [0, 0.05) is 18.5 Å². The third kappa shape index (κ3) is 13.4. The first-order chi connectivity index (χ1) is 31.5. The molecule has 1 aliphatic heterocycles. The van der Waals surface area contributed by atoms with Crippen molar-refractivity contribution >= 4 is 41.2 Å². The Morgan fingerprint density at radius 1 is 0.754 bits per heavy atom. The van der Waals surface area contributed by atoms with Crippen LogP contribution in [0.4, 0.5) is 0 Å². The first-order valence-corrected chi connectivity index (χ1v) is 22.7. The van der Waals surface area contributed by atoms with Crippen molar-refractivity contribution in [1.29, 1.82) is 0 Å². The Balaban J connectivity index is 1.20. The van der Waals surface area contributed by atoms with Crippen molar-refractivity contribution in [3.05, 3.63) is 143 Å². The van der Waals surface area contributed by atoms with Crippen LogP contribution in [-0.2, 0) is 46.5 Å². The number of rotatable bonds is 21. The Bertz CT molecular complexity index is 2250. The standard InChI is InChI=1S/C51H60N6O8/c1-2-3-28-41(46(59)50(63)53-31-43(58)55-44(47(52)60)36-22-12-6-13-23-36)54-49(62)42-30-39(65-33-35-20-10-5-11-21-35)32-57(42)51(64)45(37-24-14-7-15-25-37)56-48(61)40-27-17-16-26-38(40)29-34-18-8-4-9-19-34/h4-6,8-13,16-23,26-27,37,39,41-42,44-45H,2-3,7,14-15,24-25,28-33H2,1H3,(H2,52,60)(H,53,63)(H,54,62)(H,55,58)(H,56,61)/t39-,41?,42+,44?,45?/m1/s1. The van der Waals surface area contributed by atoms with Crippen LogP contribution >= 0.6 is 0 Å². The van der Waals surface area contributed by atoms with Gasteiger partial charge in [0.05, 0.1) is 25.3 Å². The second-order valence-electron chi connectivity index (χ2n) is 16.9. The largest absolute Gasteiger partial charge is 0.372 e. The van der Waals surface area contributed by atoms with Crippen LogP contribution in [0.5, 0.6) is 0 Å². The van der Waals surface area contributed by atoms with Crippen LogP contribution in [0.3, 0.4) is 0 Å². The molecule has 65 heavy (non-hydrogen) atoms. The molecule has 5 atom stereocenters. The van der Waals surface area contributed by atoms with Gasteiger partial charge in [-0.2, -0.15) is 0 Å². The van der Waals surface area contributed by atoms with Crippen LogP contribution in [0.1, 0.15) is 103 Å². The number of nitrogens with zero attached hydrogens (tertiary/aromatic N) is 1. The van der Waals surface area contributed by atoms with Gasteiger partial charge in [-0.1, -0.05) is 148 Å². The van der Waals surface area contributed by atoms with Gasteiger partial charge in [0.25, 0.3) is 11.8 Å². The second-order valence-corrected chi connectivity index (χ2v) is 16.9. The number of hydrogen-bond acceptors (Lipinski definition) is 8. The van der Waals surface area contributed by atoms with E-state index in [9.17, 15) is 28.8 Å². The van der Waals surface area contributed by atoms with Crippen LogP contribution in [-0.4, -0.2) is 83.4 Å². The average Bonchev–Trinajstić information content (AvgIpc) is 3.77. The highest BCUT2D eigenvalue weighted by Crippen LogP contribution is 2.31. The van der Waals surface area contributed by atoms with Gasteiger partial charge >= 0.3 is 0 Å². The number of hydrogen-bond donors (Lipinski definition) is 5. The molecule has 4 aromatic rings. The fraction of sp³-hybridized carbons (Fsp3) is 0.392. The molecule has 0 spiro atoms. The molecule has 1 saturated heterocycles. The number of nitrogens with two attached hydrogens (primary N) is 1. The highest BCUT2D eigenvalue weighted by Gasteiger charge is 2.45. The van der Waals surface area contributed by atoms with E-state index in [-0.39, 0.29) is 37.8 Å². The molecule has 6 rings (SSSR count). The zero-order chi connectivity index (χ0) is 46.1. The predicted octanol–water partition coefficient (Wildman–Crippen LogP) is 4.85. The van der Waals surface area contributed by atoms with E-state index >= 15 is 4.79 Å².